The molecule has 0 bridgehead atoms. The van der Waals surface area contributed by atoms with Crippen molar-refractivity contribution in [3.8, 4) is 11.8 Å². The van der Waals surface area contributed by atoms with Gasteiger partial charge in [0.2, 0.25) is 0 Å². The standard InChI is InChI=1S/C20H19N3O4/c1-14(24)18(20(26)23-27)22-19(25)17-8-6-15(7-9-17)4-2-3-5-16-10-12-21-13-11-16/h3,5-14,18,24,27H,1H3,(H,22,25)(H,23,26)/t14-,18+/m1/s1. The number of amides is 2. The molecule has 7 heteroatoms. The molecule has 138 valence electrons. The first-order chi connectivity index (χ1) is 13.0. The fourth-order valence-electron chi connectivity index (χ4n) is 2.14. The molecular formula is C20H19N3O4. The molecule has 2 atom stereocenters. The number of aliphatic hydroxyl groups is 1. The van der Waals surface area contributed by atoms with E-state index in [9.17, 15) is 14.7 Å². The molecule has 0 radical (unpaired) electrons. The second-order valence-electron chi connectivity index (χ2n) is 5.63. The van der Waals surface area contributed by atoms with Gasteiger partial charge in [0.25, 0.3) is 11.8 Å². The molecule has 2 aromatic rings. The highest BCUT2D eigenvalue weighted by Crippen LogP contribution is 2.05. The van der Waals surface area contributed by atoms with Crippen LogP contribution in [-0.2, 0) is 4.79 Å². The average molecular weight is 365 g/mol. The van der Waals surface area contributed by atoms with E-state index in [1.54, 1.807) is 42.7 Å². The molecule has 2 amide bonds. The summed E-state index contributed by atoms with van der Waals surface area (Å²) < 4.78 is 0. The number of nitrogens with one attached hydrogen (secondary N) is 2. The number of aliphatic hydroxyl groups excluding tert-OH is 1. The lowest BCUT2D eigenvalue weighted by Crippen LogP contribution is -2.51. The van der Waals surface area contributed by atoms with Crippen LogP contribution in [0.2, 0.25) is 0 Å². The Labute approximate surface area is 156 Å². The van der Waals surface area contributed by atoms with E-state index in [0.29, 0.717) is 11.1 Å². The van der Waals surface area contributed by atoms with Gasteiger partial charge in [-0.2, -0.15) is 0 Å². The normalized spacial score (nSPS) is 12.6. The Morgan fingerprint density at radius 1 is 1.15 bits per heavy atom. The number of hydrogen-bond donors (Lipinski definition) is 4. The average Bonchev–Trinajstić information content (AvgIpc) is 2.69. The third kappa shape index (κ3) is 6.08. The van der Waals surface area contributed by atoms with Crippen LogP contribution < -0.4 is 10.8 Å². The van der Waals surface area contributed by atoms with E-state index in [0.717, 1.165) is 5.56 Å². The number of aromatic nitrogens is 1. The van der Waals surface area contributed by atoms with Gasteiger partial charge in [-0.05, 0) is 61.0 Å². The van der Waals surface area contributed by atoms with Crippen LogP contribution >= 0.6 is 0 Å². The van der Waals surface area contributed by atoms with Gasteiger partial charge in [0, 0.05) is 23.5 Å². The predicted octanol–water partition coefficient (Wildman–Crippen LogP) is 1.13. The molecule has 0 saturated heterocycles. The fraction of sp³-hybridized carbons (Fsp3) is 0.150. The van der Waals surface area contributed by atoms with Gasteiger partial charge in [-0.15, -0.1) is 0 Å². The highest BCUT2D eigenvalue weighted by atomic mass is 16.5. The van der Waals surface area contributed by atoms with Crippen LogP contribution in [0, 0.1) is 11.8 Å². The molecule has 0 unspecified atom stereocenters. The number of carbonyl (C=O) groups excluding carboxylic acids is 2. The topological polar surface area (TPSA) is 112 Å². The molecule has 2 rings (SSSR count). The van der Waals surface area contributed by atoms with Crippen molar-refractivity contribution < 1.29 is 19.9 Å². The number of benzene rings is 1. The Morgan fingerprint density at radius 3 is 2.41 bits per heavy atom. The molecule has 7 nitrogen and oxygen atoms in total. The van der Waals surface area contributed by atoms with Gasteiger partial charge in [-0.3, -0.25) is 19.8 Å². The van der Waals surface area contributed by atoms with Crippen LogP contribution in [0.15, 0.2) is 54.9 Å². The summed E-state index contributed by atoms with van der Waals surface area (Å²) in [5.74, 6) is 4.39. The van der Waals surface area contributed by atoms with Crippen LogP contribution in [0.25, 0.3) is 6.08 Å². The van der Waals surface area contributed by atoms with Gasteiger partial charge >= 0.3 is 0 Å². The maximum absolute atomic E-state index is 12.2. The summed E-state index contributed by atoms with van der Waals surface area (Å²) >= 11 is 0. The van der Waals surface area contributed by atoms with E-state index in [4.69, 9.17) is 5.21 Å². The minimum absolute atomic E-state index is 0.296. The second kappa shape index (κ2) is 9.87. The van der Waals surface area contributed by atoms with Gasteiger partial charge in [0.1, 0.15) is 6.04 Å². The van der Waals surface area contributed by atoms with E-state index < -0.39 is 24.0 Å². The molecule has 0 aliphatic heterocycles. The van der Waals surface area contributed by atoms with Gasteiger partial charge in [-0.25, -0.2) is 5.48 Å². The zero-order chi connectivity index (χ0) is 19.6. The Bertz CT molecular complexity index is 866. The van der Waals surface area contributed by atoms with Crippen molar-refractivity contribution in [2.75, 3.05) is 0 Å². The summed E-state index contributed by atoms with van der Waals surface area (Å²) in [6.45, 7) is 1.33. The molecule has 27 heavy (non-hydrogen) atoms. The zero-order valence-corrected chi connectivity index (χ0v) is 14.6. The largest absolute Gasteiger partial charge is 0.391 e. The number of hydroxylamine groups is 1. The van der Waals surface area contributed by atoms with E-state index in [-0.39, 0.29) is 0 Å². The lowest BCUT2D eigenvalue weighted by Gasteiger charge is -2.19. The second-order valence-corrected chi connectivity index (χ2v) is 5.63. The Hall–Kier alpha value is -3.47. The summed E-state index contributed by atoms with van der Waals surface area (Å²) in [5, 5.41) is 20.6. The number of hydrogen-bond acceptors (Lipinski definition) is 5. The van der Waals surface area contributed by atoms with E-state index in [1.165, 1.54) is 12.4 Å². The lowest BCUT2D eigenvalue weighted by molar-refractivity contribution is -0.133. The highest BCUT2D eigenvalue weighted by molar-refractivity contribution is 5.97. The molecule has 4 N–H and O–H groups in total. The highest BCUT2D eigenvalue weighted by Gasteiger charge is 2.25. The van der Waals surface area contributed by atoms with E-state index in [2.05, 4.69) is 22.1 Å². The molecule has 0 aliphatic rings. The number of carbonyl (C=O) groups is 2. The Morgan fingerprint density at radius 2 is 1.81 bits per heavy atom. The van der Waals surface area contributed by atoms with Gasteiger partial charge in [0.15, 0.2) is 0 Å². The maximum atomic E-state index is 12.2. The Kier molecular flexibility index (Phi) is 7.26. The van der Waals surface area contributed by atoms with Crippen LogP contribution in [0.3, 0.4) is 0 Å². The van der Waals surface area contributed by atoms with Crippen molar-refractivity contribution in [1.29, 1.82) is 0 Å². The van der Waals surface area contributed by atoms with E-state index >= 15 is 0 Å². The summed E-state index contributed by atoms with van der Waals surface area (Å²) in [4.78, 5) is 27.6. The molecule has 1 heterocycles. The van der Waals surface area contributed by atoms with Crippen LogP contribution in [0.1, 0.15) is 28.4 Å². The molecule has 0 saturated carbocycles. The maximum Gasteiger partial charge on any atom is 0.268 e. The molecular weight excluding hydrogens is 346 g/mol. The first kappa shape index (κ1) is 19.8. The van der Waals surface area contributed by atoms with Gasteiger partial charge < -0.3 is 10.4 Å². The van der Waals surface area contributed by atoms with Gasteiger partial charge in [-0.1, -0.05) is 11.8 Å². The van der Waals surface area contributed by atoms with Crippen LogP contribution in [0.4, 0.5) is 0 Å². The van der Waals surface area contributed by atoms with Gasteiger partial charge in [0.05, 0.1) is 6.10 Å². The molecule has 1 aromatic heterocycles. The summed E-state index contributed by atoms with van der Waals surface area (Å²) in [6.07, 6.45) is 5.81. The number of rotatable bonds is 5. The summed E-state index contributed by atoms with van der Waals surface area (Å²) in [6, 6.07) is 8.92. The van der Waals surface area contributed by atoms with Crippen molar-refractivity contribution in [2.24, 2.45) is 0 Å². The SMILES string of the molecule is C[C@@H](O)[C@H](NC(=O)c1ccc(C#CC=Cc2ccncc2)cc1)C(=O)NO. The van der Waals surface area contributed by atoms with Crippen molar-refractivity contribution in [3.05, 3.63) is 71.6 Å². The number of pyridine rings is 1. The molecule has 0 fully saturated rings. The fourth-order valence-corrected chi connectivity index (χ4v) is 2.14. The number of nitrogens with zero attached hydrogens (tertiary/aromatic N) is 1. The predicted molar refractivity (Wildman–Crippen MR) is 99.5 cm³/mol. The van der Waals surface area contributed by atoms with Crippen molar-refractivity contribution in [2.45, 2.75) is 19.1 Å². The smallest absolute Gasteiger partial charge is 0.268 e. The molecule has 0 aliphatic carbocycles. The number of allylic oxidation sites excluding steroid dienone is 1. The minimum atomic E-state index is -1.26. The first-order valence-corrected chi connectivity index (χ1v) is 8.12. The Balaban J connectivity index is 2.00. The summed E-state index contributed by atoms with van der Waals surface area (Å²) in [5.41, 5.74) is 3.41. The third-order valence-corrected chi connectivity index (χ3v) is 3.59. The summed E-state index contributed by atoms with van der Waals surface area (Å²) in [7, 11) is 0. The van der Waals surface area contributed by atoms with Crippen molar-refractivity contribution >= 4 is 17.9 Å². The van der Waals surface area contributed by atoms with Crippen molar-refractivity contribution in [3.63, 3.8) is 0 Å². The molecule has 0 spiro atoms. The van der Waals surface area contributed by atoms with Crippen molar-refractivity contribution in [1.82, 2.24) is 15.8 Å². The zero-order valence-electron chi connectivity index (χ0n) is 14.6. The lowest BCUT2D eigenvalue weighted by atomic mass is 10.1. The monoisotopic (exact) mass is 365 g/mol. The molecule has 1 aromatic carbocycles. The first-order valence-electron chi connectivity index (χ1n) is 8.12. The minimum Gasteiger partial charge on any atom is -0.391 e. The van der Waals surface area contributed by atoms with Crippen LogP contribution in [0.5, 0.6) is 0 Å². The third-order valence-electron chi connectivity index (χ3n) is 3.59. The van der Waals surface area contributed by atoms with E-state index in [1.807, 2.05) is 18.2 Å². The quantitative estimate of drug-likeness (QED) is 0.361. The van der Waals surface area contributed by atoms with Crippen LogP contribution in [-0.4, -0.2) is 39.3 Å².